The molecule has 0 saturated carbocycles. The van der Waals surface area contributed by atoms with E-state index in [0.717, 1.165) is 13.1 Å². The number of nitrogens with zero attached hydrogens (tertiary/aromatic N) is 1. The molecule has 2 saturated heterocycles. The number of rotatable bonds is 0. The maximum absolute atomic E-state index is 11.8. The minimum atomic E-state index is -0.432. The van der Waals surface area contributed by atoms with Gasteiger partial charge in [-0.05, 0) is 27.7 Å². The fraction of sp³-hybridized carbons (Fsp3) is 0.917. The van der Waals surface area contributed by atoms with Crippen LogP contribution < -0.4 is 5.32 Å². The predicted molar refractivity (Wildman–Crippen MR) is 64.0 cm³/mol. The summed E-state index contributed by atoms with van der Waals surface area (Å²) in [6, 6.07) is 0. The number of hydrogen-bond acceptors (Lipinski definition) is 4. The van der Waals surface area contributed by atoms with Crippen LogP contribution >= 0.6 is 0 Å². The van der Waals surface area contributed by atoms with E-state index < -0.39 is 5.60 Å². The zero-order valence-electron chi connectivity index (χ0n) is 11.1. The first-order valence-corrected chi connectivity index (χ1v) is 6.16. The van der Waals surface area contributed by atoms with Gasteiger partial charge in [0.2, 0.25) is 0 Å². The topological polar surface area (TPSA) is 50.8 Å². The molecule has 0 aromatic heterocycles. The first-order chi connectivity index (χ1) is 7.80. The first-order valence-electron chi connectivity index (χ1n) is 6.16. The largest absolute Gasteiger partial charge is 0.444 e. The number of amides is 1. The van der Waals surface area contributed by atoms with Crippen molar-refractivity contribution in [3.8, 4) is 0 Å². The van der Waals surface area contributed by atoms with Crippen LogP contribution in [0.25, 0.3) is 0 Å². The smallest absolute Gasteiger partial charge is 0.410 e. The van der Waals surface area contributed by atoms with Gasteiger partial charge in [-0.1, -0.05) is 0 Å². The van der Waals surface area contributed by atoms with Crippen LogP contribution in [0.5, 0.6) is 0 Å². The third kappa shape index (κ3) is 2.90. The standard InChI is InChI=1S/C12H22N2O3/c1-9-5-13-6-12(16-9)7-14(8-12)10(15)17-11(2,3)4/h9,13H,5-8H2,1-4H3. The van der Waals surface area contributed by atoms with Gasteiger partial charge < -0.3 is 19.7 Å². The highest BCUT2D eigenvalue weighted by atomic mass is 16.6. The van der Waals surface area contributed by atoms with Crippen molar-refractivity contribution in [3.05, 3.63) is 0 Å². The van der Waals surface area contributed by atoms with Crippen molar-refractivity contribution >= 4 is 6.09 Å². The van der Waals surface area contributed by atoms with Gasteiger partial charge >= 0.3 is 6.09 Å². The molecule has 0 aromatic rings. The molecular weight excluding hydrogens is 220 g/mol. The summed E-state index contributed by atoms with van der Waals surface area (Å²) in [5.74, 6) is 0. The second-order valence-corrected chi connectivity index (χ2v) is 6.08. The van der Waals surface area contributed by atoms with Crippen LogP contribution in [0.1, 0.15) is 27.7 Å². The van der Waals surface area contributed by atoms with Gasteiger partial charge in [0.25, 0.3) is 0 Å². The molecule has 0 aliphatic carbocycles. The zero-order chi connectivity index (χ0) is 12.7. The van der Waals surface area contributed by atoms with Crippen molar-refractivity contribution in [1.82, 2.24) is 10.2 Å². The van der Waals surface area contributed by atoms with Crippen LogP contribution in [-0.4, -0.2) is 54.5 Å². The lowest BCUT2D eigenvalue weighted by molar-refractivity contribution is -0.178. The molecule has 2 heterocycles. The quantitative estimate of drug-likeness (QED) is 0.688. The molecule has 5 nitrogen and oxygen atoms in total. The van der Waals surface area contributed by atoms with E-state index in [1.165, 1.54) is 0 Å². The van der Waals surface area contributed by atoms with Gasteiger partial charge in [0.1, 0.15) is 11.2 Å². The summed E-state index contributed by atoms with van der Waals surface area (Å²) >= 11 is 0. The summed E-state index contributed by atoms with van der Waals surface area (Å²) in [6.45, 7) is 10.6. The molecule has 1 amide bonds. The Hall–Kier alpha value is -0.810. The number of carbonyl (C=O) groups excluding carboxylic acids is 1. The predicted octanol–water partition coefficient (Wildman–Crippen LogP) is 0.984. The monoisotopic (exact) mass is 242 g/mol. The van der Waals surface area contributed by atoms with Gasteiger partial charge in [-0.2, -0.15) is 0 Å². The van der Waals surface area contributed by atoms with Crippen LogP contribution in [-0.2, 0) is 9.47 Å². The van der Waals surface area contributed by atoms with E-state index in [-0.39, 0.29) is 17.8 Å². The third-order valence-corrected chi connectivity index (χ3v) is 2.94. The molecular formula is C12H22N2O3. The van der Waals surface area contributed by atoms with Gasteiger partial charge in [-0.25, -0.2) is 4.79 Å². The highest BCUT2D eigenvalue weighted by Crippen LogP contribution is 2.29. The highest BCUT2D eigenvalue weighted by Gasteiger charge is 2.49. The molecule has 0 bridgehead atoms. The number of carbonyl (C=O) groups is 1. The zero-order valence-corrected chi connectivity index (χ0v) is 11.1. The van der Waals surface area contributed by atoms with E-state index in [0.29, 0.717) is 13.1 Å². The molecule has 98 valence electrons. The summed E-state index contributed by atoms with van der Waals surface area (Å²) in [6.07, 6.45) is -0.0329. The Bertz CT molecular complexity index is 305. The van der Waals surface area contributed by atoms with Gasteiger partial charge in [0.15, 0.2) is 0 Å². The molecule has 2 aliphatic rings. The third-order valence-electron chi connectivity index (χ3n) is 2.94. The minimum absolute atomic E-state index is 0.186. The summed E-state index contributed by atoms with van der Waals surface area (Å²) in [7, 11) is 0. The maximum atomic E-state index is 11.8. The highest BCUT2D eigenvalue weighted by molar-refractivity contribution is 5.69. The average Bonchev–Trinajstić information content (AvgIpc) is 2.10. The van der Waals surface area contributed by atoms with E-state index in [1.54, 1.807) is 4.90 Å². The molecule has 1 atom stereocenters. The Labute approximate surface area is 102 Å². The second-order valence-electron chi connectivity index (χ2n) is 6.08. The van der Waals surface area contributed by atoms with Gasteiger partial charge in [-0.3, -0.25) is 0 Å². The van der Waals surface area contributed by atoms with E-state index in [1.807, 2.05) is 27.7 Å². The lowest BCUT2D eigenvalue weighted by Crippen LogP contribution is -2.72. The Morgan fingerprint density at radius 2 is 2.12 bits per heavy atom. The van der Waals surface area contributed by atoms with Crippen LogP contribution in [0.15, 0.2) is 0 Å². The lowest BCUT2D eigenvalue weighted by atomic mass is 9.92. The molecule has 1 spiro atoms. The number of nitrogens with one attached hydrogen (secondary N) is 1. The Balaban J connectivity index is 1.83. The molecule has 2 rings (SSSR count). The molecule has 17 heavy (non-hydrogen) atoms. The molecule has 0 radical (unpaired) electrons. The van der Waals surface area contributed by atoms with Crippen molar-refractivity contribution in [2.24, 2.45) is 0 Å². The van der Waals surface area contributed by atoms with E-state index in [4.69, 9.17) is 9.47 Å². The van der Waals surface area contributed by atoms with E-state index >= 15 is 0 Å². The minimum Gasteiger partial charge on any atom is -0.444 e. The average molecular weight is 242 g/mol. The number of hydrogen-bond donors (Lipinski definition) is 1. The molecule has 5 heteroatoms. The number of likely N-dealkylation sites (tertiary alicyclic amines) is 1. The van der Waals surface area contributed by atoms with Crippen LogP contribution in [0.2, 0.25) is 0 Å². The van der Waals surface area contributed by atoms with Crippen molar-refractivity contribution < 1.29 is 14.3 Å². The van der Waals surface area contributed by atoms with Crippen molar-refractivity contribution in [2.45, 2.75) is 45.0 Å². The summed E-state index contributed by atoms with van der Waals surface area (Å²) in [5.41, 5.74) is -0.618. The second kappa shape index (κ2) is 4.14. The van der Waals surface area contributed by atoms with Crippen LogP contribution in [0.4, 0.5) is 4.79 Å². The van der Waals surface area contributed by atoms with Crippen LogP contribution in [0, 0.1) is 0 Å². The van der Waals surface area contributed by atoms with Gasteiger partial charge in [-0.15, -0.1) is 0 Å². The normalized spacial score (nSPS) is 27.8. The Morgan fingerprint density at radius 1 is 1.47 bits per heavy atom. The van der Waals surface area contributed by atoms with E-state index in [9.17, 15) is 4.79 Å². The summed E-state index contributed by atoms with van der Waals surface area (Å²) in [5, 5.41) is 3.33. The Kier molecular flexibility index (Phi) is 3.08. The van der Waals surface area contributed by atoms with Crippen molar-refractivity contribution in [1.29, 1.82) is 0 Å². The molecule has 1 N–H and O–H groups in total. The summed E-state index contributed by atoms with van der Waals surface area (Å²) in [4.78, 5) is 13.5. The Morgan fingerprint density at radius 3 is 2.65 bits per heavy atom. The van der Waals surface area contributed by atoms with Crippen LogP contribution in [0.3, 0.4) is 0 Å². The fourth-order valence-electron chi connectivity index (χ4n) is 2.30. The molecule has 2 fully saturated rings. The van der Waals surface area contributed by atoms with Gasteiger partial charge in [0, 0.05) is 13.1 Å². The lowest BCUT2D eigenvalue weighted by Gasteiger charge is -2.52. The van der Waals surface area contributed by atoms with Crippen molar-refractivity contribution in [2.75, 3.05) is 26.2 Å². The number of morpholine rings is 1. The first kappa shape index (κ1) is 12.6. The molecule has 0 aromatic carbocycles. The SMILES string of the molecule is CC1CNCC2(CN(C(=O)OC(C)(C)C)C2)O1. The van der Waals surface area contributed by atoms with Gasteiger partial charge in [0.05, 0.1) is 19.2 Å². The molecule has 1 unspecified atom stereocenters. The molecule has 2 aliphatic heterocycles. The maximum Gasteiger partial charge on any atom is 0.410 e. The fourth-order valence-corrected chi connectivity index (χ4v) is 2.30. The van der Waals surface area contributed by atoms with E-state index in [2.05, 4.69) is 5.32 Å². The number of ether oxygens (including phenoxy) is 2. The van der Waals surface area contributed by atoms with Crippen molar-refractivity contribution in [3.63, 3.8) is 0 Å². The summed E-state index contributed by atoms with van der Waals surface area (Å²) < 4.78 is 11.2.